The van der Waals surface area contributed by atoms with Crippen molar-refractivity contribution in [2.75, 3.05) is 20.3 Å². The van der Waals surface area contributed by atoms with E-state index in [0.717, 1.165) is 19.3 Å². The molecular formula is C21H30O6. The molecule has 1 aliphatic carbocycles. The van der Waals surface area contributed by atoms with Crippen LogP contribution in [0.4, 0.5) is 0 Å². The highest BCUT2D eigenvalue weighted by Gasteiger charge is 2.33. The second-order valence-electron chi connectivity index (χ2n) is 7.48. The minimum atomic E-state index is -0.611. The molecule has 0 spiro atoms. The van der Waals surface area contributed by atoms with Crippen LogP contribution >= 0.6 is 0 Å². The summed E-state index contributed by atoms with van der Waals surface area (Å²) in [6, 6.07) is 6.84. The van der Waals surface area contributed by atoms with Gasteiger partial charge in [0.25, 0.3) is 0 Å². The lowest BCUT2D eigenvalue weighted by Crippen LogP contribution is -2.37. The molecule has 0 aliphatic heterocycles. The summed E-state index contributed by atoms with van der Waals surface area (Å²) in [5, 5.41) is 0. The topological polar surface area (TPSA) is 71.1 Å². The van der Waals surface area contributed by atoms with Gasteiger partial charge < -0.3 is 18.9 Å². The quantitative estimate of drug-likeness (QED) is 0.644. The third-order valence-corrected chi connectivity index (χ3v) is 5.01. The molecule has 0 amide bonds. The summed E-state index contributed by atoms with van der Waals surface area (Å²) in [4.78, 5) is 23.9. The molecule has 0 N–H and O–H groups in total. The zero-order valence-corrected chi connectivity index (χ0v) is 16.6. The third kappa shape index (κ3) is 6.77. The minimum Gasteiger partial charge on any atom is -0.497 e. The van der Waals surface area contributed by atoms with Gasteiger partial charge in [0.05, 0.1) is 7.11 Å². The van der Waals surface area contributed by atoms with E-state index in [1.54, 1.807) is 31.4 Å². The Labute approximate surface area is 161 Å². The molecule has 0 unspecified atom stereocenters. The second-order valence-corrected chi connectivity index (χ2v) is 7.48. The normalized spacial score (nSPS) is 22.2. The summed E-state index contributed by atoms with van der Waals surface area (Å²) in [7, 11) is 1.57. The van der Waals surface area contributed by atoms with Gasteiger partial charge in [0, 0.05) is 0 Å². The lowest BCUT2D eigenvalue weighted by Gasteiger charge is -2.36. The maximum absolute atomic E-state index is 12.1. The van der Waals surface area contributed by atoms with Crippen LogP contribution in [0.2, 0.25) is 0 Å². The van der Waals surface area contributed by atoms with Crippen LogP contribution in [-0.2, 0) is 19.1 Å². The Morgan fingerprint density at radius 2 is 1.70 bits per heavy atom. The van der Waals surface area contributed by atoms with Crippen LogP contribution in [0.1, 0.15) is 40.0 Å². The molecule has 3 atom stereocenters. The standard InChI is InChI=1S/C21H30O6/c1-14(2)18-10-5-15(3)11-19(18)27-21(23)13-26-20(22)12-25-17-8-6-16(24-4)7-9-17/h6-9,14-15,18-19H,5,10-13H2,1-4H3/t15-,18+,19+/m0/s1. The summed E-state index contributed by atoms with van der Waals surface area (Å²) in [6.45, 7) is 5.82. The van der Waals surface area contributed by atoms with Crippen LogP contribution in [0, 0.1) is 17.8 Å². The molecule has 1 saturated carbocycles. The Balaban J connectivity index is 1.72. The lowest BCUT2D eigenvalue weighted by molar-refractivity contribution is -0.167. The summed E-state index contributed by atoms with van der Waals surface area (Å²) >= 11 is 0. The van der Waals surface area contributed by atoms with Gasteiger partial charge in [-0.2, -0.15) is 0 Å². The molecule has 0 radical (unpaired) electrons. The van der Waals surface area contributed by atoms with Crippen molar-refractivity contribution in [1.29, 1.82) is 0 Å². The Kier molecular flexibility index (Phi) is 7.95. The predicted octanol–water partition coefficient (Wildman–Crippen LogP) is 3.62. The Hall–Kier alpha value is -2.24. The van der Waals surface area contributed by atoms with E-state index >= 15 is 0 Å². The van der Waals surface area contributed by atoms with E-state index in [9.17, 15) is 9.59 Å². The van der Waals surface area contributed by atoms with Gasteiger partial charge in [-0.1, -0.05) is 27.2 Å². The van der Waals surface area contributed by atoms with Crippen molar-refractivity contribution in [2.24, 2.45) is 17.8 Å². The minimum absolute atomic E-state index is 0.101. The van der Waals surface area contributed by atoms with E-state index in [1.807, 2.05) is 0 Å². The first-order valence-corrected chi connectivity index (χ1v) is 9.51. The third-order valence-electron chi connectivity index (χ3n) is 5.01. The monoisotopic (exact) mass is 378 g/mol. The highest BCUT2D eigenvalue weighted by Crippen LogP contribution is 2.35. The van der Waals surface area contributed by atoms with E-state index in [-0.39, 0.29) is 19.3 Å². The van der Waals surface area contributed by atoms with E-state index in [1.165, 1.54) is 0 Å². The molecule has 150 valence electrons. The fraction of sp³-hybridized carbons (Fsp3) is 0.619. The fourth-order valence-corrected chi connectivity index (χ4v) is 3.45. The van der Waals surface area contributed by atoms with Crippen LogP contribution in [0.3, 0.4) is 0 Å². The number of carbonyl (C=O) groups excluding carboxylic acids is 2. The SMILES string of the molecule is COc1ccc(OCC(=O)OCC(=O)O[C@@H]2C[C@@H](C)CC[C@@H]2C(C)C)cc1. The molecule has 0 aromatic heterocycles. The summed E-state index contributed by atoms with van der Waals surface area (Å²) in [6.07, 6.45) is 2.99. The number of benzene rings is 1. The summed E-state index contributed by atoms with van der Waals surface area (Å²) < 4.78 is 21.0. The Morgan fingerprint density at radius 1 is 1.04 bits per heavy atom. The smallest absolute Gasteiger partial charge is 0.344 e. The van der Waals surface area contributed by atoms with Crippen molar-refractivity contribution >= 4 is 11.9 Å². The van der Waals surface area contributed by atoms with Crippen molar-refractivity contribution in [1.82, 2.24) is 0 Å². The molecule has 1 aliphatic rings. The van der Waals surface area contributed by atoms with Gasteiger partial charge in [0.15, 0.2) is 13.2 Å². The highest BCUT2D eigenvalue weighted by molar-refractivity contribution is 5.77. The molecule has 1 aromatic rings. The molecule has 1 fully saturated rings. The molecule has 1 aromatic carbocycles. The Morgan fingerprint density at radius 3 is 2.33 bits per heavy atom. The number of carbonyl (C=O) groups is 2. The molecule has 2 rings (SSSR count). The lowest BCUT2D eigenvalue weighted by atomic mass is 9.75. The molecule has 0 bridgehead atoms. The number of esters is 2. The average Bonchev–Trinajstić information content (AvgIpc) is 2.65. The van der Waals surface area contributed by atoms with E-state index in [4.69, 9.17) is 18.9 Å². The van der Waals surface area contributed by atoms with Gasteiger partial charge in [-0.15, -0.1) is 0 Å². The summed E-state index contributed by atoms with van der Waals surface area (Å²) in [5.74, 6) is 1.46. The van der Waals surface area contributed by atoms with Gasteiger partial charge >= 0.3 is 11.9 Å². The van der Waals surface area contributed by atoms with Crippen molar-refractivity contribution in [3.05, 3.63) is 24.3 Å². The molecule has 27 heavy (non-hydrogen) atoms. The van der Waals surface area contributed by atoms with Crippen molar-refractivity contribution < 1.29 is 28.5 Å². The van der Waals surface area contributed by atoms with Crippen LogP contribution < -0.4 is 9.47 Å². The Bertz CT molecular complexity index is 610. The van der Waals surface area contributed by atoms with Crippen molar-refractivity contribution in [2.45, 2.75) is 46.1 Å². The van der Waals surface area contributed by atoms with Crippen molar-refractivity contribution in [3.8, 4) is 11.5 Å². The second kappa shape index (κ2) is 10.2. The largest absolute Gasteiger partial charge is 0.497 e. The fourth-order valence-electron chi connectivity index (χ4n) is 3.45. The average molecular weight is 378 g/mol. The number of hydrogen-bond donors (Lipinski definition) is 0. The number of rotatable bonds is 8. The maximum Gasteiger partial charge on any atom is 0.344 e. The van der Waals surface area contributed by atoms with Crippen LogP contribution in [0.5, 0.6) is 11.5 Å². The molecule has 0 saturated heterocycles. The molecule has 0 heterocycles. The van der Waals surface area contributed by atoms with Crippen LogP contribution in [-0.4, -0.2) is 38.4 Å². The highest BCUT2D eigenvalue weighted by atomic mass is 16.6. The number of methoxy groups -OCH3 is 1. The van der Waals surface area contributed by atoms with E-state index in [2.05, 4.69) is 20.8 Å². The number of ether oxygens (including phenoxy) is 4. The molecule has 6 heteroatoms. The predicted molar refractivity (Wildman–Crippen MR) is 101 cm³/mol. The zero-order valence-electron chi connectivity index (χ0n) is 16.6. The number of hydrogen-bond acceptors (Lipinski definition) is 6. The first-order chi connectivity index (χ1) is 12.9. The maximum atomic E-state index is 12.1. The summed E-state index contributed by atoms with van der Waals surface area (Å²) in [5.41, 5.74) is 0. The zero-order chi connectivity index (χ0) is 19.8. The molecule has 6 nitrogen and oxygen atoms in total. The first-order valence-electron chi connectivity index (χ1n) is 9.51. The van der Waals surface area contributed by atoms with Gasteiger partial charge in [0.1, 0.15) is 17.6 Å². The van der Waals surface area contributed by atoms with E-state index in [0.29, 0.717) is 29.3 Å². The van der Waals surface area contributed by atoms with Gasteiger partial charge in [-0.25, -0.2) is 9.59 Å². The van der Waals surface area contributed by atoms with E-state index < -0.39 is 11.9 Å². The van der Waals surface area contributed by atoms with Crippen molar-refractivity contribution in [3.63, 3.8) is 0 Å². The van der Waals surface area contributed by atoms with Gasteiger partial charge in [0.2, 0.25) is 0 Å². The van der Waals surface area contributed by atoms with Crippen LogP contribution in [0.25, 0.3) is 0 Å². The van der Waals surface area contributed by atoms with Gasteiger partial charge in [-0.3, -0.25) is 0 Å². The van der Waals surface area contributed by atoms with Gasteiger partial charge in [-0.05, 0) is 54.9 Å². The first kappa shape index (κ1) is 21.1. The molecular weight excluding hydrogens is 348 g/mol. The van der Waals surface area contributed by atoms with Crippen LogP contribution in [0.15, 0.2) is 24.3 Å².